The summed E-state index contributed by atoms with van der Waals surface area (Å²) in [5, 5.41) is 5.94. The smallest absolute Gasteiger partial charge is 0.178 e. The van der Waals surface area contributed by atoms with Gasteiger partial charge in [-0.05, 0) is 77.2 Å². The Labute approximate surface area is 234 Å². The molecule has 0 N–H and O–H groups in total. The number of hydrogen-bond donors (Lipinski definition) is 0. The van der Waals surface area contributed by atoms with E-state index in [9.17, 15) is 0 Å². The SMILES string of the molecule is c1ccc(-n2c3ccc4c(c3c3ccc5c(c6cccnc6n6c7cccnc7nc56)c32)Cc2ccccc2-4)cc1. The molecule has 0 bridgehead atoms. The van der Waals surface area contributed by atoms with Gasteiger partial charge in [0.05, 0.1) is 16.6 Å². The second kappa shape index (κ2) is 7.55. The summed E-state index contributed by atoms with van der Waals surface area (Å²) < 4.78 is 4.61. The fraction of sp³-hybridized carbons (Fsp3) is 0.0278. The zero-order valence-corrected chi connectivity index (χ0v) is 21.9. The van der Waals surface area contributed by atoms with Crippen LogP contribution in [0, 0.1) is 0 Å². The van der Waals surface area contributed by atoms with Crippen molar-refractivity contribution in [2.45, 2.75) is 6.42 Å². The molecule has 0 saturated carbocycles. The van der Waals surface area contributed by atoms with Gasteiger partial charge in [0.1, 0.15) is 11.3 Å². The highest BCUT2D eigenvalue weighted by Crippen LogP contribution is 2.47. The number of aromatic nitrogens is 5. The Balaban J connectivity index is 1.49. The van der Waals surface area contributed by atoms with Crippen LogP contribution < -0.4 is 0 Å². The molecule has 0 spiro atoms. The zero-order chi connectivity index (χ0) is 26.7. The third-order valence-electron chi connectivity index (χ3n) is 8.83. The second-order valence-electron chi connectivity index (χ2n) is 10.9. The molecule has 0 radical (unpaired) electrons. The maximum absolute atomic E-state index is 5.04. The molecule has 4 aromatic carbocycles. The second-order valence-corrected chi connectivity index (χ2v) is 10.9. The predicted octanol–water partition coefficient (Wildman–Crippen LogP) is 8.25. The number of benzene rings is 4. The van der Waals surface area contributed by atoms with Crippen molar-refractivity contribution in [3.8, 4) is 16.8 Å². The van der Waals surface area contributed by atoms with Gasteiger partial charge < -0.3 is 4.57 Å². The summed E-state index contributed by atoms with van der Waals surface area (Å²) >= 11 is 0. The molecule has 5 aromatic heterocycles. The van der Waals surface area contributed by atoms with E-state index in [1.165, 1.54) is 44.1 Å². The third kappa shape index (κ3) is 2.63. The first kappa shape index (κ1) is 21.3. The number of nitrogens with zero attached hydrogens (tertiary/aromatic N) is 5. The lowest BCUT2D eigenvalue weighted by Crippen LogP contribution is -1.97. The molecule has 190 valence electrons. The van der Waals surface area contributed by atoms with Crippen molar-refractivity contribution in [3.05, 3.63) is 127 Å². The summed E-state index contributed by atoms with van der Waals surface area (Å²) in [5.41, 5.74) is 12.5. The average molecular weight is 524 g/mol. The van der Waals surface area contributed by atoms with Crippen LogP contribution in [0.1, 0.15) is 11.1 Å². The van der Waals surface area contributed by atoms with E-state index in [4.69, 9.17) is 9.97 Å². The molecular formula is C36H21N5. The number of rotatable bonds is 1. The summed E-state index contributed by atoms with van der Waals surface area (Å²) in [7, 11) is 0. The van der Waals surface area contributed by atoms with E-state index in [0.29, 0.717) is 0 Å². The molecule has 0 unspecified atom stereocenters. The number of para-hydroxylation sites is 1. The van der Waals surface area contributed by atoms with Gasteiger partial charge in [0.2, 0.25) is 0 Å². The van der Waals surface area contributed by atoms with Gasteiger partial charge in [0.15, 0.2) is 5.65 Å². The first-order valence-corrected chi connectivity index (χ1v) is 13.9. The molecular weight excluding hydrogens is 502 g/mol. The Morgan fingerprint density at radius 2 is 1.37 bits per heavy atom. The van der Waals surface area contributed by atoms with Crippen LogP contribution in [0.25, 0.3) is 77.2 Å². The standard InChI is InChI=1S/C36H21N5/c1-2-9-22(10-3-1)40-29-17-16-24-23-11-5-4-8-21(23)20-28(24)31(29)25-14-15-27-32(33(25)40)26-12-6-19-38-35(26)41-30-13-7-18-37-34(30)39-36(27)41/h1-19H,20H2. The molecule has 0 atom stereocenters. The van der Waals surface area contributed by atoms with Gasteiger partial charge in [0, 0.05) is 45.0 Å². The van der Waals surface area contributed by atoms with Crippen molar-refractivity contribution >= 4 is 60.4 Å². The minimum Gasteiger partial charge on any atom is -0.309 e. The molecule has 1 aliphatic carbocycles. The van der Waals surface area contributed by atoms with E-state index in [2.05, 4.69) is 105 Å². The number of fused-ring (bicyclic) bond motifs is 16. The van der Waals surface area contributed by atoms with Gasteiger partial charge in [0.25, 0.3) is 0 Å². The van der Waals surface area contributed by atoms with Gasteiger partial charge in [-0.2, -0.15) is 0 Å². The number of hydrogen-bond acceptors (Lipinski definition) is 3. The summed E-state index contributed by atoms with van der Waals surface area (Å²) in [6, 6.07) is 37.0. The Morgan fingerprint density at radius 3 is 2.32 bits per heavy atom. The predicted molar refractivity (Wildman–Crippen MR) is 166 cm³/mol. The van der Waals surface area contributed by atoms with Crippen molar-refractivity contribution in [1.82, 2.24) is 23.9 Å². The minimum absolute atomic E-state index is 0.728. The maximum Gasteiger partial charge on any atom is 0.178 e. The molecule has 5 heterocycles. The molecule has 41 heavy (non-hydrogen) atoms. The molecule has 9 aromatic rings. The Morgan fingerprint density at radius 1 is 0.561 bits per heavy atom. The Kier molecular flexibility index (Phi) is 3.92. The molecule has 0 aliphatic heterocycles. The lowest BCUT2D eigenvalue weighted by atomic mass is 9.99. The lowest BCUT2D eigenvalue weighted by Gasteiger charge is -2.13. The van der Waals surface area contributed by atoms with E-state index in [1.807, 2.05) is 18.3 Å². The van der Waals surface area contributed by atoms with Crippen LogP contribution in [0.5, 0.6) is 0 Å². The Bertz CT molecular complexity index is 2550. The van der Waals surface area contributed by atoms with Crippen molar-refractivity contribution in [1.29, 1.82) is 0 Å². The summed E-state index contributed by atoms with van der Waals surface area (Å²) in [6.45, 7) is 0. The monoisotopic (exact) mass is 523 g/mol. The maximum atomic E-state index is 5.04. The van der Waals surface area contributed by atoms with Crippen LogP contribution in [0.4, 0.5) is 0 Å². The quantitative estimate of drug-likeness (QED) is 0.204. The number of pyridine rings is 3. The van der Waals surface area contributed by atoms with Gasteiger partial charge >= 0.3 is 0 Å². The summed E-state index contributed by atoms with van der Waals surface area (Å²) in [6.07, 6.45) is 4.61. The molecule has 5 nitrogen and oxygen atoms in total. The van der Waals surface area contributed by atoms with Gasteiger partial charge in [-0.1, -0.05) is 54.6 Å². The van der Waals surface area contributed by atoms with Gasteiger partial charge in [-0.3, -0.25) is 4.40 Å². The molecule has 10 rings (SSSR count). The summed E-state index contributed by atoms with van der Waals surface area (Å²) in [4.78, 5) is 14.5. The highest BCUT2D eigenvalue weighted by Gasteiger charge is 2.26. The van der Waals surface area contributed by atoms with E-state index < -0.39 is 0 Å². The fourth-order valence-electron chi connectivity index (χ4n) is 7.21. The zero-order valence-electron chi connectivity index (χ0n) is 21.9. The topological polar surface area (TPSA) is 48.0 Å². The van der Waals surface area contributed by atoms with Gasteiger partial charge in [-0.25, -0.2) is 15.0 Å². The largest absolute Gasteiger partial charge is 0.309 e. The molecule has 1 aliphatic rings. The van der Waals surface area contributed by atoms with Crippen molar-refractivity contribution < 1.29 is 0 Å². The van der Waals surface area contributed by atoms with E-state index >= 15 is 0 Å². The minimum atomic E-state index is 0.728. The van der Waals surface area contributed by atoms with Crippen molar-refractivity contribution in [2.24, 2.45) is 0 Å². The lowest BCUT2D eigenvalue weighted by molar-refractivity contribution is 1.18. The van der Waals surface area contributed by atoms with E-state index in [-0.39, 0.29) is 0 Å². The van der Waals surface area contributed by atoms with Crippen molar-refractivity contribution in [2.75, 3.05) is 0 Å². The van der Waals surface area contributed by atoms with Crippen LogP contribution in [-0.4, -0.2) is 23.9 Å². The Hall–Kier alpha value is -5.55. The van der Waals surface area contributed by atoms with Crippen LogP contribution in [0.3, 0.4) is 0 Å². The van der Waals surface area contributed by atoms with Crippen molar-refractivity contribution in [3.63, 3.8) is 0 Å². The molecule has 0 amide bonds. The molecule has 0 saturated heterocycles. The normalized spacial score (nSPS) is 12.8. The first-order valence-electron chi connectivity index (χ1n) is 13.9. The molecule has 0 fully saturated rings. The summed E-state index contributed by atoms with van der Waals surface area (Å²) in [5.74, 6) is 0. The highest BCUT2D eigenvalue weighted by molar-refractivity contribution is 6.28. The van der Waals surface area contributed by atoms with Crippen LogP contribution in [0.2, 0.25) is 0 Å². The van der Waals surface area contributed by atoms with Crippen LogP contribution >= 0.6 is 0 Å². The average Bonchev–Trinajstić information content (AvgIpc) is 3.71. The van der Waals surface area contributed by atoms with E-state index in [1.54, 1.807) is 6.20 Å². The molecule has 5 heteroatoms. The van der Waals surface area contributed by atoms with E-state index in [0.717, 1.165) is 50.7 Å². The van der Waals surface area contributed by atoms with Gasteiger partial charge in [-0.15, -0.1) is 0 Å². The van der Waals surface area contributed by atoms with Crippen LogP contribution in [-0.2, 0) is 6.42 Å². The highest BCUT2D eigenvalue weighted by atomic mass is 15.1. The van der Waals surface area contributed by atoms with Crippen LogP contribution in [0.15, 0.2) is 116 Å². The number of imidazole rings is 1. The third-order valence-corrected chi connectivity index (χ3v) is 8.83. The first-order chi connectivity index (χ1) is 20.4. The fourth-order valence-corrected chi connectivity index (χ4v) is 7.21.